The summed E-state index contributed by atoms with van der Waals surface area (Å²) in [6, 6.07) is 15.4. The van der Waals surface area contributed by atoms with Gasteiger partial charge in [0.1, 0.15) is 0 Å². The molecule has 0 saturated carbocycles. The Labute approximate surface area is 122 Å². The van der Waals surface area contributed by atoms with Crippen molar-refractivity contribution in [3.63, 3.8) is 0 Å². The lowest BCUT2D eigenvalue weighted by molar-refractivity contribution is 0.867. The van der Waals surface area contributed by atoms with Gasteiger partial charge >= 0.3 is 0 Å². The Morgan fingerprint density at radius 3 is 2.48 bits per heavy atom. The molecule has 2 aromatic carbocycles. The van der Waals surface area contributed by atoms with Crippen molar-refractivity contribution in [1.82, 2.24) is 9.97 Å². The normalized spacial score (nSPS) is 11.0. The predicted octanol–water partition coefficient (Wildman–Crippen LogP) is 3.79. The quantitative estimate of drug-likeness (QED) is 0.767. The zero-order valence-corrected chi connectivity index (χ0v) is 12.1. The summed E-state index contributed by atoms with van der Waals surface area (Å²) in [7, 11) is 0. The number of para-hydroxylation sites is 1. The minimum Gasteiger partial charge on any atom is -0.326 e. The van der Waals surface area contributed by atoms with Crippen LogP contribution in [-0.2, 0) is 0 Å². The van der Waals surface area contributed by atoms with E-state index in [0.717, 1.165) is 5.69 Å². The summed E-state index contributed by atoms with van der Waals surface area (Å²) in [6.45, 7) is 4.32. The first-order chi connectivity index (χ1) is 10.1. The van der Waals surface area contributed by atoms with E-state index in [-0.39, 0.29) is 5.56 Å². The molecule has 0 aliphatic carbocycles. The average Bonchev–Trinajstić information content (AvgIpc) is 2.48. The molecular formula is C17H17N3O. The third-order valence-electron chi connectivity index (χ3n) is 3.45. The van der Waals surface area contributed by atoms with E-state index in [4.69, 9.17) is 0 Å². The molecule has 0 aliphatic rings. The van der Waals surface area contributed by atoms with Gasteiger partial charge < -0.3 is 5.32 Å². The van der Waals surface area contributed by atoms with Gasteiger partial charge in [-0.3, -0.25) is 9.78 Å². The van der Waals surface area contributed by atoms with Crippen LogP contribution in [0.15, 0.2) is 53.3 Å². The predicted molar refractivity (Wildman–Crippen MR) is 86.2 cm³/mol. The van der Waals surface area contributed by atoms with Crippen LogP contribution in [0.5, 0.6) is 0 Å². The molecule has 0 spiro atoms. The van der Waals surface area contributed by atoms with Crippen molar-refractivity contribution in [2.24, 2.45) is 0 Å². The number of hydrogen-bond acceptors (Lipinski definition) is 3. The van der Waals surface area contributed by atoms with Crippen LogP contribution in [0.2, 0.25) is 0 Å². The number of aromatic amines is 1. The topological polar surface area (TPSA) is 57.8 Å². The summed E-state index contributed by atoms with van der Waals surface area (Å²) < 4.78 is 0. The molecule has 0 atom stereocenters. The second-order valence-corrected chi connectivity index (χ2v) is 5.33. The largest absolute Gasteiger partial charge is 0.326 e. The first kappa shape index (κ1) is 13.4. The number of fused-ring (bicyclic) bond motifs is 1. The van der Waals surface area contributed by atoms with Crippen molar-refractivity contribution in [3.8, 4) is 0 Å². The molecule has 3 rings (SSSR count). The number of hydrogen-bond donors (Lipinski definition) is 2. The van der Waals surface area contributed by atoms with Crippen LogP contribution < -0.4 is 10.9 Å². The van der Waals surface area contributed by atoms with Crippen molar-refractivity contribution in [2.75, 3.05) is 5.32 Å². The Morgan fingerprint density at radius 1 is 1.05 bits per heavy atom. The van der Waals surface area contributed by atoms with E-state index < -0.39 is 0 Å². The van der Waals surface area contributed by atoms with Gasteiger partial charge in [-0.2, -0.15) is 0 Å². The lowest BCUT2D eigenvalue weighted by Crippen LogP contribution is -2.11. The van der Waals surface area contributed by atoms with Crippen LogP contribution in [0, 0.1) is 0 Å². The molecule has 0 saturated heterocycles. The zero-order chi connectivity index (χ0) is 14.8. The molecule has 1 aromatic heterocycles. The van der Waals surface area contributed by atoms with Gasteiger partial charge in [-0.25, -0.2) is 4.98 Å². The number of nitrogens with zero attached hydrogens (tertiary/aromatic N) is 1. The Hall–Kier alpha value is -2.62. The summed E-state index contributed by atoms with van der Waals surface area (Å²) in [4.78, 5) is 19.2. The van der Waals surface area contributed by atoms with Crippen LogP contribution in [-0.4, -0.2) is 9.97 Å². The maximum Gasteiger partial charge on any atom is 0.260 e. The van der Waals surface area contributed by atoms with Crippen molar-refractivity contribution in [3.05, 3.63) is 64.4 Å². The number of H-pyrrole nitrogens is 1. The van der Waals surface area contributed by atoms with Crippen molar-refractivity contribution < 1.29 is 0 Å². The smallest absolute Gasteiger partial charge is 0.260 e. The fraction of sp³-hybridized carbons (Fsp3) is 0.176. The third kappa shape index (κ3) is 2.79. The van der Waals surface area contributed by atoms with E-state index in [9.17, 15) is 4.79 Å². The van der Waals surface area contributed by atoms with E-state index in [2.05, 4.69) is 41.3 Å². The fourth-order valence-electron chi connectivity index (χ4n) is 2.23. The van der Waals surface area contributed by atoms with E-state index in [0.29, 0.717) is 22.8 Å². The Bertz CT molecular complexity index is 819. The minimum absolute atomic E-state index is 0.137. The Balaban J connectivity index is 1.92. The van der Waals surface area contributed by atoms with Gasteiger partial charge in [0.05, 0.1) is 10.9 Å². The third-order valence-corrected chi connectivity index (χ3v) is 3.45. The molecule has 21 heavy (non-hydrogen) atoms. The molecule has 0 amide bonds. The molecule has 2 N–H and O–H groups in total. The fourth-order valence-corrected chi connectivity index (χ4v) is 2.23. The lowest BCUT2D eigenvalue weighted by atomic mass is 10.0. The first-order valence-electron chi connectivity index (χ1n) is 6.99. The van der Waals surface area contributed by atoms with E-state index in [1.54, 1.807) is 6.07 Å². The molecule has 3 aromatic rings. The summed E-state index contributed by atoms with van der Waals surface area (Å²) >= 11 is 0. The molecule has 0 bridgehead atoms. The number of rotatable bonds is 3. The number of nitrogens with one attached hydrogen (secondary N) is 2. The monoisotopic (exact) mass is 279 g/mol. The number of benzene rings is 2. The van der Waals surface area contributed by atoms with Gasteiger partial charge in [0.15, 0.2) is 0 Å². The summed E-state index contributed by atoms with van der Waals surface area (Å²) in [5.74, 6) is 0.952. The highest BCUT2D eigenvalue weighted by Crippen LogP contribution is 2.19. The van der Waals surface area contributed by atoms with Crippen molar-refractivity contribution in [1.29, 1.82) is 0 Å². The molecule has 0 unspecified atom stereocenters. The summed E-state index contributed by atoms with van der Waals surface area (Å²) in [6.07, 6.45) is 0. The SMILES string of the molecule is CC(C)c1ccc(Nc2nc3ccccc3c(=O)[nH]2)cc1. The van der Waals surface area contributed by atoms with Gasteiger partial charge in [-0.1, -0.05) is 38.1 Å². The zero-order valence-electron chi connectivity index (χ0n) is 12.1. The van der Waals surface area contributed by atoms with E-state index in [1.807, 2.05) is 30.3 Å². The summed E-state index contributed by atoms with van der Waals surface area (Å²) in [5, 5.41) is 3.73. The highest BCUT2D eigenvalue weighted by molar-refractivity contribution is 5.78. The molecular weight excluding hydrogens is 262 g/mol. The molecule has 106 valence electrons. The van der Waals surface area contributed by atoms with Crippen LogP contribution in [0.1, 0.15) is 25.3 Å². The van der Waals surface area contributed by atoms with Gasteiger partial charge in [0.2, 0.25) is 5.95 Å². The highest BCUT2D eigenvalue weighted by atomic mass is 16.1. The van der Waals surface area contributed by atoms with Crippen LogP contribution in [0.3, 0.4) is 0 Å². The van der Waals surface area contributed by atoms with Crippen LogP contribution in [0.25, 0.3) is 10.9 Å². The van der Waals surface area contributed by atoms with Crippen molar-refractivity contribution >= 4 is 22.5 Å². The molecule has 0 aliphatic heterocycles. The molecule has 0 radical (unpaired) electrons. The maximum atomic E-state index is 12.0. The van der Waals surface area contributed by atoms with Crippen molar-refractivity contribution in [2.45, 2.75) is 19.8 Å². The summed E-state index contributed by atoms with van der Waals surface area (Å²) in [5.41, 5.74) is 2.72. The van der Waals surface area contributed by atoms with Crippen LogP contribution >= 0.6 is 0 Å². The second-order valence-electron chi connectivity index (χ2n) is 5.33. The lowest BCUT2D eigenvalue weighted by Gasteiger charge is -2.09. The van der Waals surface area contributed by atoms with Gasteiger partial charge in [-0.15, -0.1) is 0 Å². The average molecular weight is 279 g/mol. The number of aromatic nitrogens is 2. The van der Waals surface area contributed by atoms with Gasteiger partial charge in [0, 0.05) is 5.69 Å². The van der Waals surface area contributed by atoms with Crippen LogP contribution in [0.4, 0.5) is 11.6 Å². The second kappa shape index (κ2) is 5.40. The Morgan fingerprint density at radius 2 is 1.76 bits per heavy atom. The number of anilines is 2. The van der Waals surface area contributed by atoms with Gasteiger partial charge in [-0.05, 0) is 35.7 Å². The molecule has 0 fully saturated rings. The molecule has 1 heterocycles. The highest BCUT2D eigenvalue weighted by Gasteiger charge is 2.04. The van der Waals surface area contributed by atoms with E-state index >= 15 is 0 Å². The standard InChI is InChI=1S/C17H17N3O/c1-11(2)12-7-9-13(10-8-12)18-17-19-15-6-4-3-5-14(15)16(21)20-17/h3-11H,1-2H3,(H2,18,19,20,21). The maximum absolute atomic E-state index is 12.0. The first-order valence-corrected chi connectivity index (χ1v) is 6.99. The molecule has 4 heteroatoms. The van der Waals surface area contributed by atoms with E-state index in [1.165, 1.54) is 5.56 Å². The van der Waals surface area contributed by atoms with Gasteiger partial charge in [0.25, 0.3) is 5.56 Å². The minimum atomic E-state index is -0.137. The Kier molecular flexibility index (Phi) is 3.44. The molecule has 4 nitrogen and oxygen atoms in total.